The lowest BCUT2D eigenvalue weighted by atomic mass is 10.8. The Morgan fingerprint density at radius 2 is 2.50 bits per heavy atom. The summed E-state index contributed by atoms with van der Waals surface area (Å²) in [7, 11) is 0. The summed E-state index contributed by atoms with van der Waals surface area (Å²) in [4.78, 5) is 9.45. The predicted molar refractivity (Wildman–Crippen MR) is 33.0 cm³/mol. The van der Waals surface area contributed by atoms with Gasteiger partial charge in [0.05, 0.1) is 0 Å². The Hall–Kier alpha value is 0.200. The van der Waals surface area contributed by atoms with Crippen LogP contribution in [0, 0.1) is 0 Å². The number of hydrogen-bond acceptors (Lipinski definition) is 1. The van der Waals surface area contributed by atoms with Crippen LogP contribution in [0.15, 0.2) is 0 Å². The van der Waals surface area contributed by atoms with Crippen molar-refractivity contribution in [3.63, 3.8) is 0 Å². The highest BCUT2D eigenvalue weighted by Gasteiger charge is 1.71. The highest BCUT2D eigenvalue weighted by atomic mass is 127. The predicted octanol–water partition coefficient (Wildman–Crippen LogP) is 0.167. The first-order valence-electron chi connectivity index (χ1n) is 1.65. The van der Waals surface area contributed by atoms with Crippen LogP contribution in [0.2, 0.25) is 0 Å². The molecule has 3 heteroatoms. The van der Waals surface area contributed by atoms with Crippen molar-refractivity contribution in [1.82, 2.24) is 5.32 Å². The van der Waals surface area contributed by atoms with Gasteiger partial charge in [0.1, 0.15) is 0 Å². The molecule has 1 amide bonds. The van der Waals surface area contributed by atoms with Crippen molar-refractivity contribution >= 4 is 29.0 Å². The zero-order valence-electron chi connectivity index (χ0n) is 3.28. The largest absolute Gasteiger partial charge is 0.358 e. The van der Waals surface area contributed by atoms with Crippen molar-refractivity contribution < 1.29 is 4.79 Å². The van der Waals surface area contributed by atoms with Crippen LogP contribution in [0.1, 0.15) is 0 Å². The maximum absolute atomic E-state index is 9.45. The summed E-state index contributed by atoms with van der Waals surface area (Å²) < 4.78 is 0.983. The van der Waals surface area contributed by atoms with Gasteiger partial charge in [0.2, 0.25) is 6.41 Å². The zero-order chi connectivity index (χ0) is 4.83. The van der Waals surface area contributed by atoms with E-state index in [1.807, 2.05) is 0 Å². The average molecular weight is 199 g/mol. The Kier molecular flexibility index (Phi) is 5.37. The fourth-order valence-electron chi connectivity index (χ4n) is 0.113. The van der Waals surface area contributed by atoms with Crippen LogP contribution in [-0.4, -0.2) is 17.4 Å². The van der Waals surface area contributed by atoms with Crippen LogP contribution in [0.4, 0.5) is 0 Å². The molecular weight excluding hydrogens is 193 g/mol. The average Bonchev–Trinajstić information content (AvgIpc) is 1.61. The number of alkyl halides is 1. The molecule has 0 unspecified atom stereocenters. The first-order valence-corrected chi connectivity index (χ1v) is 3.17. The number of halogens is 1. The SMILES string of the molecule is O=CNCCI. The third-order valence-corrected chi connectivity index (χ3v) is 0.862. The van der Waals surface area contributed by atoms with E-state index in [4.69, 9.17) is 0 Å². The van der Waals surface area contributed by atoms with Gasteiger partial charge in [0, 0.05) is 11.0 Å². The standard InChI is InChI=1S/C3H6INO/c4-1-2-5-3-6/h3H,1-2H2,(H,5,6). The van der Waals surface area contributed by atoms with E-state index < -0.39 is 0 Å². The Balaban J connectivity index is 2.49. The molecule has 0 atom stereocenters. The molecule has 0 bridgehead atoms. The minimum absolute atomic E-state index is 0.707. The van der Waals surface area contributed by atoms with Crippen molar-refractivity contribution in [1.29, 1.82) is 0 Å². The fourth-order valence-corrected chi connectivity index (χ4v) is 0.425. The van der Waals surface area contributed by atoms with E-state index in [0.29, 0.717) is 6.41 Å². The van der Waals surface area contributed by atoms with Crippen LogP contribution in [0.3, 0.4) is 0 Å². The van der Waals surface area contributed by atoms with Gasteiger partial charge in [-0.3, -0.25) is 4.79 Å². The van der Waals surface area contributed by atoms with E-state index in [1.165, 1.54) is 0 Å². The molecule has 0 saturated carbocycles. The van der Waals surface area contributed by atoms with Crippen molar-refractivity contribution in [2.45, 2.75) is 0 Å². The molecule has 0 spiro atoms. The van der Waals surface area contributed by atoms with Crippen LogP contribution >= 0.6 is 22.6 Å². The lowest BCUT2D eigenvalue weighted by Crippen LogP contribution is -2.12. The zero-order valence-corrected chi connectivity index (χ0v) is 5.44. The molecule has 0 aromatic heterocycles. The minimum Gasteiger partial charge on any atom is -0.358 e. The number of carbonyl (C=O) groups excluding carboxylic acids is 1. The highest BCUT2D eigenvalue weighted by molar-refractivity contribution is 14.1. The van der Waals surface area contributed by atoms with E-state index in [1.54, 1.807) is 0 Å². The Labute approximate surface area is 50.4 Å². The van der Waals surface area contributed by atoms with Gasteiger partial charge in [-0.25, -0.2) is 0 Å². The topological polar surface area (TPSA) is 29.1 Å². The molecule has 0 fully saturated rings. The summed E-state index contributed by atoms with van der Waals surface area (Å²) in [5.74, 6) is 0. The van der Waals surface area contributed by atoms with E-state index in [9.17, 15) is 4.79 Å². The quantitative estimate of drug-likeness (QED) is 0.298. The van der Waals surface area contributed by atoms with E-state index in [2.05, 4.69) is 27.9 Å². The number of hydrogen-bond donors (Lipinski definition) is 1. The Bertz CT molecular complexity index is 39.8. The summed E-state index contributed by atoms with van der Waals surface area (Å²) in [6, 6.07) is 0. The molecule has 0 saturated heterocycles. The second-order valence-corrected chi connectivity index (χ2v) is 1.84. The first kappa shape index (κ1) is 6.20. The molecule has 0 aliphatic carbocycles. The summed E-state index contributed by atoms with van der Waals surface area (Å²) in [5, 5.41) is 2.51. The van der Waals surface area contributed by atoms with Crippen molar-refractivity contribution in [3.05, 3.63) is 0 Å². The van der Waals surface area contributed by atoms with Crippen LogP contribution in [0.5, 0.6) is 0 Å². The molecule has 6 heavy (non-hydrogen) atoms. The van der Waals surface area contributed by atoms with Crippen LogP contribution in [-0.2, 0) is 4.79 Å². The molecule has 0 heterocycles. The summed E-state index contributed by atoms with van der Waals surface area (Å²) in [6.07, 6.45) is 0.707. The summed E-state index contributed by atoms with van der Waals surface area (Å²) in [6.45, 7) is 0.782. The number of nitrogens with one attached hydrogen (secondary N) is 1. The van der Waals surface area contributed by atoms with Gasteiger partial charge in [-0.1, -0.05) is 22.6 Å². The third kappa shape index (κ3) is 4.20. The fraction of sp³-hybridized carbons (Fsp3) is 0.667. The Morgan fingerprint density at radius 3 is 2.67 bits per heavy atom. The molecule has 0 aliphatic rings. The van der Waals surface area contributed by atoms with Crippen molar-refractivity contribution in [3.8, 4) is 0 Å². The van der Waals surface area contributed by atoms with E-state index in [0.717, 1.165) is 11.0 Å². The molecular formula is C3H6INO. The first-order chi connectivity index (χ1) is 2.91. The molecule has 36 valence electrons. The van der Waals surface area contributed by atoms with Gasteiger partial charge in [-0.05, 0) is 0 Å². The number of rotatable bonds is 3. The third-order valence-electron chi connectivity index (χ3n) is 0.322. The van der Waals surface area contributed by atoms with Crippen molar-refractivity contribution in [2.75, 3.05) is 11.0 Å². The van der Waals surface area contributed by atoms with E-state index in [-0.39, 0.29) is 0 Å². The van der Waals surface area contributed by atoms with Gasteiger partial charge >= 0.3 is 0 Å². The monoisotopic (exact) mass is 199 g/mol. The minimum atomic E-state index is 0.707. The summed E-state index contributed by atoms with van der Waals surface area (Å²) >= 11 is 2.19. The van der Waals surface area contributed by atoms with Gasteiger partial charge < -0.3 is 5.32 Å². The van der Waals surface area contributed by atoms with Gasteiger partial charge in [-0.2, -0.15) is 0 Å². The molecule has 0 aromatic carbocycles. The molecule has 0 aliphatic heterocycles. The normalized spacial score (nSPS) is 7.50. The summed E-state index contributed by atoms with van der Waals surface area (Å²) in [5.41, 5.74) is 0. The molecule has 2 nitrogen and oxygen atoms in total. The van der Waals surface area contributed by atoms with Gasteiger partial charge in [-0.15, -0.1) is 0 Å². The molecule has 1 N–H and O–H groups in total. The number of carbonyl (C=O) groups is 1. The maximum Gasteiger partial charge on any atom is 0.207 e. The van der Waals surface area contributed by atoms with Crippen LogP contribution in [0.25, 0.3) is 0 Å². The van der Waals surface area contributed by atoms with Crippen LogP contribution < -0.4 is 5.32 Å². The lowest BCUT2D eigenvalue weighted by Gasteiger charge is -1.84. The van der Waals surface area contributed by atoms with Crippen molar-refractivity contribution in [2.24, 2.45) is 0 Å². The number of amides is 1. The second-order valence-electron chi connectivity index (χ2n) is 0.761. The van der Waals surface area contributed by atoms with E-state index >= 15 is 0 Å². The Morgan fingerprint density at radius 1 is 1.83 bits per heavy atom. The molecule has 0 radical (unpaired) electrons. The molecule has 0 rings (SSSR count). The highest BCUT2D eigenvalue weighted by Crippen LogP contribution is 1.72. The maximum atomic E-state index is 9.45. The smallest absolute Gasteiger partial charge is 0.207 e. The molecule has 0 aromatic rings. The second kappa shape index (κ2) is 5.20. The lowest BCUT2D eigenvalue weighted by molar-refractivity contribution is -0.109. The van der Waals surface area contributed by atoms with Gasteiger partial charge in [0.15, 0.2) is 0 Å². The van der Waals surface area contributed by atoms with Gasteiger partial charge in [0.25, 0.3) is 0 Å².